The van der Waals surface area contributed by atoms with Gasteiger partial charge in [-0.05, 0) is 36.6 Å². The highest BCUT2D eigenvalue weighted by Crippen LogP contribution is 2.37. The lowest BCUT2D eigenvalue weighted by Crippen LogP contribution is -2.39. The first-order chi connectivity index (χ1) is 10.1. The smallest absolute Gasteiger partial charge is 0.266 e. The second kappa shape index (κ2) is 6.28. The van der Waals surface area contributed by atoms with Crippen LogP contribution < -0.4 is 0 Å². The second-order valence-electron chi connectivity index (χ2n) is 5.40. The normalized spacial score (nSPS) is 22.3. The van der Waals surface area contributed by atoms with Crippen LogP contribution in [0.5, 0.6) is 0 Å². The lowest BCUT2D eigenvalue weighted by Gasteiger charge is -2.29. The lowest BCUT2D eigenvalue weighted by atomic mass is 9.94. The van der Waals surface area contributed by atoms with Crippen molar-refractivity contribution in [2.45, 2.75) is 38.1 Å². The van der Waals surface area contributed by atoms with Crippen LogP contribution in [0.1, 0.15) is 37.7 Å². The first-order valence-corrected chi connectivity index (χ1v) is 8.40. The summed E-state index contributed by atoms with van der Waals surface area (Å²) < 4.78 is 13.9. The van der Waals surface area contributed by atoms with Crippen LogP contribution in [-0.2, 0) is 4.79 Å². The summed E-state index contributed by atoms with van der Waals surface area (Å²) in [6, 6.07) is 6.49. The molecule has 0 bridgehead atoms. The zero-order valence-corrected chi connectivity index (χ0v) is 13.2. The molecule has 3 rings (SSSR count). The van der Waals surface area contributed by atoms with Crippen LogP contribution in [0.3, 0.4) is 0 Å². The Labute approximate surface area is 133 Å². The van der Waals surface area contributed by atoms with Crippen LogP contribution >= 0.6 is 24.0 Å². The van der Waals surface area contributed by atoms with Gasteiger partial charge < -0.3 is 0 Å². The van der Waals surface area contributed by atoms with E-state index in [1.807, 2.05) is 0 Å². The number of hydrogen-bond donors (Lipinski definition) is 0. The highest BCUT2D eigenvalue weighted by molar-refractivity contribution is 8.26. The van der Waals surface area contributed by atoms with E-state index in [-0.39, 0.29) is 17.8 Å². The zero-order chi connectivity index (χ0) is 14.8. The molecule has 2 nitrogen and oxygen atoms in total. The standard InChI is InChI=1S/C16H16FNOS2/c17-12-6-4-5-11(9-12)10-14-15(19)18(16(20)21-14)13-7-2-1-3-8-13/h4-6,9-10,13H,1-3,7-8H2. The molecular weight excluding hydrogens is 305 g/mol. The van der Waals surface area contributed by atoms with Crippen molar-refractivity contribution in [3.8, 4) is 0 Å². The van der Waals surface area contributed by atoms with Gasteiger partial charge in [0.05, 0.1) is 4.91 Å². The summed E-state index contributed by atoms with van der Waals surface area (Å²) in [5, 5.41) is 0. The van der Waals surface area contributed by atoms with Crippen molar-refractivity contribution in [2.24, 2.45) is 0 Å². The summed E-state index contributed by atoms with van der Waals surface area (Å²) in [4.78, 5) is 14.9. The molecule has 2 fully saturated rings. The molecule has 2 aliphatic rings. The quantitative estimate of drug-likeness (QED) is 0.596. The lowest BCUT2D eigenvalue weighted by molar-refractivity contribution is -0.124. The van der Waals surface area contributed by atoms with Gasteiger partial charge >= 0.3 is 0 Å². The van der Waals surface area contributed by atoms with Crippen molar-refractivity contribution in [1.29, 1.82) is 0 Å². The molecule has 0 spiro atoms. The first kappa shape index (κ1) is 14.7. The van der Waals surface area contributed by atoms with Crippen molar-refractivity contribution in [1.82, 2.24) is 4.90 Å². The van der Waals surface area contributed by atoms with Crippen molar-refractivity contribution in [3.63, 3.8) is 0 Å². The number of amides is 1. The van der Waals surface area contributed by atoms with Gasteiger partial charge in [0.1, 0.15) is 10.1 Å². The number of halogens is 1. The van der Waals surface area contributed by atoms with E-state index in [2.05, 4.69) is 0 Å². The number of hydrogen-bond acceptors (Lipinski definition) is 3. The Morgan fingerprint density at radius 2 is 2.05 bits per heavy atom. The summed E-state index contributed by atoms with van der Waals surface area (Å²) in [5.41, 5.74) is 0.694. The summed E-state index contributed by atoms with van der Waals surface area (Å²) in [7, 11) is 0. The van der Waals surface area contributed by atoms with Gasteiger partial charge in [0.15, 0.2) is 0 Å². The maximum absolute atomic E-state index is 13.2. The summed E-state index contributed by atoms with van der Waals surface area (Å²) >= 11 is 6.69. The average molecular weight is 321 g/mol. The molecule has 1 aromatic carbocycles. The molecule has 1 heterocycles. The molecule has 0 aromatic heterocycles. The Balaban J connectivity index is 1.82. The fourth-order valence-electron chi connectivity index (χ4n) is 2.88. The highest BCUT2D eigenvalue weighted by Gasteiger charge is 2.37. The van der Waals surface area contributed by atoms with Gasteiger partial charge in [-0.1, -0.05) is 55.4 Å². The molecule has 1 saturated heterocycles. The highest BCUT2D eigenvalue weighted by atomic mass is 32.2. The van der Waals surface area contributed by atoms with Gasteiger partial charge in [-0.15, -0.1) is 0 Å². The van der Waals surface area contributed by atoms with E-state index in [0.29, 0.717) is 14.8 Å². The first-order valence-electron chi connectivity index (χ1n) is 7.18. The van der Waals surface area contributed by atoms with E-state index >= 15 is 0 Å². The SMILES string of the molecule is O=C1C(=Cc2cccc(F)c2)SC(=S)N1C1CCCCC1. The minimum Gasteiger partial charge on any atom is -0.290 e. The number of carbonyl (C=O) groups excluding carboxylic acids is 1. The van der Waals surface area contributed by atoms with E-state index in [1.54, 1.807) is 23.1 Å². The Kier molecular flexibility index (Phi) is 4.40. The average Bonchev–Trinajstić information content (AvgIpc) is 2.74. The van der Waals surface area contributed by atoms with Gasteiger partial charge in [-0.3, -0.25) is 9.69 Å². The number of thiocarbonyl (C=S) groups is 1. The molecule has 0 atom stereocenters. The monoisotopic (exact) mass is 321 g/mol. The Morgan fingerprint density at radius 3 is 2.76 bits per heavy atom. The van der Waals surface area contributed by atoms with E-state index in [1.165, 1.54) is 30.3 Å². The van der Waals surface area contributed by atoms with Crippen molar-refractivity contribution in [2.75, 3.05) is 0 Å². The minimum absolute atomic E-state index is 0.0267. The molecule has 1 aromatic rings. The van der Waals surface area contributed by atoms with Crippen LogP contribution in [-0.4, -0.2) is 21.2 Å². The van der Waals surface area contributed by atoms with Crippen LogP contribution in [0, 0.1) is 5.82 Å². The molecule has 0 radical (unpaired) electrons. The molecule has 21 heavy (non-hydrogen) atoms. The molecule has 0 N–H and O–H groups in total. The molecule has 5 heteroatoms. The summed E-state index contributed by atoms with van der Waals surface area (Å²) in [5.74, 6) is -0.326. The summed E-state index contributed by atoms with van der Waals surface area (Å²) in [6.07, 6.45) is 7.34. The minimum atomic E-state index is -0.300. The van der Waals surface area contributed by atoms with E-state index in [0.717, 1.165) is 25.7 Å². The molecule has 1 amide bonds. The third-order valence-corrected chi connectivity index (χ3v) is 5.24. The largest absolute Gasteiger partial charge is 0.290 e. The van der Waals surface area contributed by atoms with Gasteiger partial charge in [0.2, 0.25) is 0 Å². The third-order valence-electron chi connectivity index (χ3n) is 3.91. The molecule has 1 aliphatic heterocycles. The maximum Gasteiger partial charge on any atom is 0.266 e. The van der Waals surface area contributed by atoms with Crippen LogP contribution in [0.25, 0.3) is 6.08 Å². The second-order valence-corrected chi connectivity index (χ2v) is 7.07. The van der Waals surface area contributed by atoms with Crippen molar-refractivity contribution < 1.29 is 9.18 Å². The number of rotatable bonds is 2. The van der Waals surface area contributed by atoms with Gasteiger partial charge in [-0.25, -0.2) is 4.39 Å². The van der Waals surface area contributed by atoms with Gasteiger partial charge in [0.25, 0.3) is 5.91 Å². The Morgan fingerprint density at radius 1 is 1.29 bits per heavy atom. The number of carbonyl (C=O) groups is 1. The van der Waals surface area contributed by atoms with E-state index < -0.39 is 0 Å². The maximum atomic E-state index is 13.2. The number of nitrogens with zero attached hydrogens (tertiary/aromatic N) is 1. The van der Waals surface area contributed by atoms with E-state index in [4.69, 9.17) is 12.2 Å². The van der Waals surface area contributed by atoms with E-state index in [9.17, 15) is 9.18 Å². The summed E-state index contributed by atoms with van der Waals surface area (Å²) in [6.45, 7) is 0. The fourth-order valence-corrected chi connectivity index (χ4v) is 4.28. The van der Waals surface area contributed by atoms with Gasteiger partial charge in [-0.2, -0.15) is 0 Å². The van der Waals surface area contributed by atoms with Gasteiger partial charge in [0, 0.05) is 6.04 Å². The van der Waals surface area contributed by atoms with Crippen LogP contribution in [0.4, 0.5) is 4.39 Å². The predicted molar refractivity (Wildman–Crippen MR) is 88.3 cm³/mol. The molecule has 1 saturated carbocycles. The molecular formula is C16H16FNOS2. The number of benzene rings is 1. The van der Waals surface area contributed by atoms with Crippen molar-refractivity contribution in [3.05, 3.63) is 40.6 Å². The Bertz CT molecular complexity index is 608. The number of thioether (sulfide) groups is 1. The predicted octanol–water partition coefficient (Wildman–Crippen LogP) is 4.36. The fraction of sp³-hybridized carbons (Fsp3) is 0.375. The topological polar surface area (TPSA) is 20.3 Å². The van der Waals surface area contributed by atoms with Crippen LogP contribution in [0.2, 0.25) is 0 Å². The van der Waals surface area contributed by atoms with Crippen LogP contribution in [0.15, 0.2) is 29.2 Å². The zero-order valence-electron chi connectivity index (χ0n) is 11.5. The molecule has 1 aliphatic carbocycles. The Hall–Kier alpha value is -1.20. The third kappa shape index (κ3) is 3.19. The van der Waals surface area contributed by atoms with Crippen molar-refractivity contribution >= 4 is 40.3 Å². The molecule has 110 valence electrons. The molecule has 0 unspecified atom stereocenters.